The molecule has 4 aromatic rings. The molecule has 6 nitrogen and oxygen atoms in total. The van der Waals surface area contributed by atoms with Gasteiger partial charge in [0, 0.05) is 58.8 Å². The lowest BCUT2D eigenvalue weighted by Gasteiger charge is -2.18. The molecule has 5 rings (SSSR count). The number of nitrogens with zero attached hydrogens (tertiary/aromatic N) is 3. The standard InChI is InChI=1S/C25H21N5O/c1-17-12-22(29-20-6-10-27-11-7-20)15-23(13-17)30-16-18-14-21(2-3-24(18)25(30)31)28-19-4-8-26-9-5-19/h2-15H,16H2,1H3,(H,26,28)(H,27,29). The highest BCUT2D eigenvalue weighted by Gasteiger charge is 2.29. The molecule has 0 bridgehead atoms. The predicted octanol–water partition coefficient (Wildman–Crippen LogP) is 5.43. The van der Waals surface area contributed by atoms with E-state index in [9.17, 15) is 4.79 Å². The normalized spacial score (nSPS) is 12.5. The zero-order chi connectivity index (χ0) is 21.2. The van der Waals surface area contributed by atoms with Crippen LogP contribution in [0.4, 0.5) is 28.4 Å². The van der Waals surface area contributed by atoms with Crippen LogP contribution in [0.3, 0.4) is 0 Å². The van der Waals surface area contributed by atoms with Crippen molar-refractivity contribution in [2.45, 2.75) is 13.5 Å². The van der Waals surface area contributed by atoms with Crippen molar-refractivity contribution < 1.29 is 4.79 Å². The Bertz CT molecular complexity index is 1240. The zero-order valence-corrected chi connectivity index (χ0v) is 17.0. The summed E-state index contributed by atoms with van der Waals surface area (Å²) in [6.07, 6.45) is 6.99. The first-order chi connectivity index (χ1) is 15.2. The van der Waals surface area contributed by atoms with Gasteiger partial charge in [-0.2, -0.15) is 0 Å². The monoisotopic (exact) mass is 407 g/mol. The lowest BCUT2D eigenvalue weighted by molar-refractivity contribution is 0.0996. The van der Waals surface area contributed by atoms with Gasteiger partial charge in [-0.05, 0) is 78.7 Å². The van der Waals surface area contributed by atoms with Crippen LogP contribution < -0.4 is 15.5 Å². The smallest absolute Gasteiger partial charge is 0.258 e. The maximum atomic E-state index is 13.1. The van der Waals surface area contributed by atoms with E-state index in [0.717, 1.165) is 45.1 Å². The Morgan fingerprint density at radius 2 is 1.39 bits per heavy atom. The van der Waals surface area contributed by atoms with Crippen molar-refractivity contribution in [1.82, 2.24) is 9.97 Å². The zero-order valence-electron chi connectivity index (χ0n) is 17.0. The molecule has 0 spiro atoms. The van der Waals surface area contributed by atoms with Crippen LogP contribution in [0.1, 0.15) is 21.5 Å². The lowest BCUT2D eigenvalue weighted by Crippen LogP contribution is -2.23. The Kier molecular flexibility index (Phi) is 4.80. The van der Waals surface area contributed by atoms with Crippen molar-refractivity contribution in [3.8, 4) is 0 Å². The highest BCUT2D eigenvalue weighted by atomic mass is 16.2. The van der Waals surface area contributed by atoms with Crippen molar-refractivity contribution in [3.63, 3.8) is 0 Å². The fourth-order valence-corrected chi connectivity index (χ4v) is 3.80. The first kappa shape index (κ1) is 18.8. The minimum atomic E-state index is 0.0194. The summed E-state index contributed by atoms with van der Waals surface area (Å²) in [7, 11) is 0. The summed E-state index contributed by atoms with van der Waals surface area (Å²) >= 11 is 0. The molecule has 1 aliphatic rings. The van der Waals surface area contributed by atoms with Gasteiger partial charge in [0.2, 0.25) is 0 Å². The quantitative estimate of drug-likeness (QED) is 0.461. The first-order valence-corrected chi connectivity index (χ1v) is 10.1. The van der Waals surface area contributed by atoms with E-state index >= 15 is 0 Å². The molecule has 0 fully saturated rings. The number of carbonyl (C=O) groups excluding carboxylic acids is 1. The summed E-state index contributed by atoms with van der Waals surface area (Å²) < 4.78 is 0. The molecule has 2 aromatic carbocycles. The number of nitrogens with one attached hydrogen (secondary N) is 2. The molecule has 0 unspecified atom stereocenters. The third kappa shape index (κ3) is 3.96. The number of carbonyl (C=O) groups is 1. The molecule has 3 heterocycles. The van der Waals surface area contributed by atoms with Gasteiger partial charge in [-0.15, -0.1) is 0 Å². The van der Waals surface area contributed by atoms with Crippen LogP contribution in [0.5, 0.6) is 0 Å². The Morgan fingerprint density at radius 3 is 2.06 bits per heavy atom. The molecule has 31 heavy (non-hydrogen) atoms. The third-order valence-corrected chi connectivity index (χ3v) is 5.22. The highest BCUT2D eigenvalue weighted by molar-refractivity contribution is 6.10. The van der Waals surface area contributed by atoms with Gasteiger partial charge in [0.15, 0.2) is 0 Å². The number of aromatic nitrogens is 2. The van der Waals surface area contributed by atoms with Crippen molar-refractivity contribution in [1.29, 1.82) is 0 Å². The second kappa shape index (κ2) is 7.91. The lowest BCUT2D eigenvalue weighted by atomic mass is 10.1. The molecule has 2 aromatic heterocycles. The molecule has 2 N–H and O–H groups in total. The van der Waals surface area contributed by atoms with Crippen LogP contribution in [-0.2, 0) is 6.54 Å². The summed E-state index contributed by atoms with van der Waals surface area (Å²) in [6.45, 7) is 2.57. The van der Waals surface area contributed by atoms with Gasteiger partial charge < -0.3 is 15.5 Å². The number of benzene rings is 2. The second-order valence-electron chi connectivity index (χ2n) is 7.54. The summed E-state index contributed by atoms with van der Waals surface area (Å²) in [4.78, 5) is 23.0. The van der Waals surface area contributed by atoms with Crippen LogP contribution in [0, 0.1) is 6.92 Å². The van der Waals surface area contributed by atoms with Crippen LogP contribution in [-0.4, -0.2) is 15.9 Å². The summed E-state index contributed by atoms with van der Waals surface area (Å²) in [5.74, 6) is 0.0194. The van der Waals surface area contributed by atoms with Crippen LogP contribution in [0.15, 0.2) is 85.5 Å². The van der Waals surface area contributed by atoms with Crippen molar-refractivity contribution in [3.05, 3.63) is 102 Å². The van der Waals surface area contributed by atoms with Crippen LogP contribution in [0.25, 0.3) is 0 Å². The van der Waals surface area contributed by atoms with Crippen LogP contribution in [0.2, 0.25) is 0 Å². The van der Waals surface area contributed by atoms with Gasteiger partial charge >= 0.3 is 0 Å². The van der Waals surface area contributed by atoms with Crippen molar-refractivity contribution in [2.24, 2.45) is 0 Å². The number of hydrogen-bond acceptors (Lipinski definition) is 5. The fourth-order valence-electron chi connectivity index (χ4n) is 3.80. The maximum Gasteiger partial charge on any atom is 0.258 e. The summed E-state index contributed by atoms with van der Waals surface area (Å²) in [5, 5.41) is 6.75. The minimum absolute atomic E-state index is 0.0194. The van der Waals surface area contributed by atoms with Gasteiger partial charge in [0.1, 0.15) is 0 Å². The number of hydrogen-bond donors (Lipinski definition) is 2. The Balaban J connectivity index is 1.40. The SMILES string of the molecule is Cc1cc(Nc2ccncc2)cc(N2Cc3cc(Nc4ccncc4)ccc3C2=O)c1. The van der Waals surface area contributed by atoms with E-state index in [1.54, 1.807) is 24.8 Å². The van der Waals surface area contributed by atoms with E-state index in [-0.39, 0.29) is 5.91 Å². The van der Waals surface area contributed by atoms with Gasteiger partial charge in [-0.25, -0.2) is 0 Å². The first-order valence-electron chi connectivity index (χ1n) is 10.1. The number of anilines is 5. The topological polar surface area (TPSA) is 70.2 Å². The Morgan fingerprint density at radius 1 is 0.742 bits per heavy atom. The third-order valence-electron chi connectivity index (χ3n) is 5.22. The molecule has 6 heteroatoms. The van der Waals surface area contributed by atoms with E-state index in [1.807, 2.05) is 66.4 Å². The van der Waals surface area contributed by atoms with Crippen molar-refractivity contribution in [2.75, 3.05) is 15.5 Å². The Labute approximate surface area is 180 Å². The van der Waals surface area contributed by atoms with Crippen LogP contribution >= 0.6 is 0 Å². The van der Waals surface area contributed by atoms with E-state index in [0.29, 0.717) is 6.54 Å². The molecular formula is C25H21N5O. The molecule has 1 aliphatic heterocycles. The molecule has 152 valence electrons. The Hall–Kier alpha value is -4.19. The molecule has 0 radical (unpaired) electrons. The van der Waals surface area contributed by atoms with Gasteiger partial charge in [0.25, 0.3) is 5.91 Å². The van der Waals surface area contributed by atoms with E-state index in [2.05, 4.69) is 26.7 Å². The molecule has 0 saturated carbocycles. The van der Waals surface area contributed by atoms with E-state index in [4.69, 9.17) is 0 Å². The van der Waals surface area contributed by atoms with E-state index in [1.165, 1.54) is 0 Å². The second-order valence-corrected chi connectivity index (χ2v) is 7.54. The maximum absolute atomic E-state index is 13.1. The molecule has 0 atom stereocenters. The predicted molar refractivity (Wildman–Crippen MR) is 123 cm³/mol. The van der Waals surface area contributed by atoms with Gasteiger partial charge in [-0.1, -0.05) is 0 Å². The highest BCUT2D eigenvalue weighted by Crippen LogP contribution is 2.33. The summed E-state index contributed by atoms with van der Waals surface area (Å²) in [5.41, 5.74) is 7.50. The van der Waals surface area contributed by atoms with Gasteiger partial charge in [-0.3, -0.25) is 14.8 Å². The average molecular weight is 407 g/mol. The molecule has 0 aliphatic carbocycles. The number of aryl methyl sites for hydroxylation is 1. The van der Waals surface area contributed by atoms with E-state index < -0.39 is 0 Å². The molecule has 1 amide bonds. The minimum Gasteiger partial charge on any atom is -0.355 e. The average Bonchev–Trinajstić information content (AvgIpc) is 3.11. The molecular weight excluding hydrogens is 386 g/mol. The van der Waals surface area contributed by atoms with Gasteiger partial charge in [0.05, 0.1) is 6.54 Å². The number of fused-ring (bicyclic) bond motifs is 1. The van der Waals surface area contributed by atoms with Crippen molar-refractivity contribution >= 4 is 34.3 Å². The number of pyridine rings is 2. The molecule has 0 saturated heterocycles. The number of rotatable bonds is 5. The largest absolute Gasteiger partial charge is 0.355 e. The summed E-state index contributed by atoms with van der Waals surface area (Å²) in [6, 6.07) is 19.6. The fraction of sp³-hybridized carbons (Fsp3) is 0.0800. The number of amides is 1.